The van der Waals surface area contributed by atoms with E-state index in [9.17, 15) is 9.59 Å². The van der Waals surface area contributed by atoms with Crippen LogP contribution < -0.4 is 10.2 Å². The van der Waals surface area contributed by atoms with Crippen molar-refractivity contribution in [3.05, 3.63) is 94.5 Å². The van der Waals surface area contributed by atoms with Crippen LogP contribution in [0.3, 0.4) is 0 Å². The molecule has 0 unspecified atom stereocenters. The van der Waals surface area contributed by atoms with E-state index in [0.29, 0.717) is 13.0 Å². The summed E-state index contributed by atoms with van der Waals surface area (Å²) in [5.41, 5.74) is 6.22. The zero-order valence-corrected chi connectivity index (χ0v) is 24.1. The highest BCUT2D eigenvalue weighted by Crippen LogP contribution is 2.27. The van der Waals surface area contributed by atoms with Crippen LogP contribution in [0.4, 0.5) is 11.4 Å². The zero-order valence-electron chi connectivity index (χ0n) is 24.1. The second-order valence-electron chi connectivity index (χ2n) is 11.9. The van der Waals surface area contributed by atoms with Crippen LogP contribution in [-0.2, 0) is 27.3 Å². The Morgan fingerprint density at radius 1 is 0.789 bits per heavy atom. The summed E-state index contributed by atoms with van der Waals surface area (Å²) in [6, 6.07) is 22.5. The fourth-order valence-electron chi connectivity index (χ4n) is 4.29. The van der Waals surface area contributed by atoms with Crippen molar-refractivity contribution in [3.63, 3.8) is 0 Å². The molecule has 0 heterocycles. The van der Waals surface area contributed by atoms with Gasteiger partial charge < -0.3 is 15.0 Å². The minimum atomic E-state index is -0.630. The minimum Gasteiger partial charge on any atom is -0.460 e. The van der Waals surface area contributed by atoms with Crippen LogP contribution in [0.2, 0.25) is 0 Å². The molecule has 0 atom stereocenters. The molecule has 202 valence electrons. The Hall–Kier alpha value is -3.60. The van der Waals surface area contributed by atoms with E-state index in [2.05, 4.69) is 71.7 Å². The van der Waals surface area contributed by atoms with Crippen molar-refractivity contribution < 1.29 is 14.3 Å². The normalized spacial score (nSPS) is 11.7. The second kappa shape index (κ2) is 11.8. The first kappa shape index (κ1) is 29.0. The number of carbonyl (C=O) groups is 2. The van der Waals surface area contributed by atoms with Crippen LogP contribution in [0.1, 0.15) is 62.4 Å². The minimum absolute atomic E-state index is 0.0618. The predicted molar refractivity (Wildman–Crippen MR) is 157 cm³/mol. The van der Waals surface area contributed by atoms with Gasteiger partial charge in [0.25, 0.3) is 0 Å². The van der Waals surface area contributed by atoms with E-state index in [4.69, 9.17) is 4.74 Å². The number of nitrogens with one attached hydrogen (secondary N) is 1. The molecule has 5 heteroatoms. The van der Waals surface area contributed by atoms with Crippen LogP contribution in [0.25, 0.3) is 0 Å². The lowest BCUT2D eigenvalue weighted by atomic mass is 9.85. The summed E-state index contributed by atoms with van der Waals surface area (Å²) in [4.78, 5) is 27.8. The van der Waals surface area contributed by atoms with Crippen molar-refractivity contribution in [1.82, 2.24) is 0 Å². The van der Waals surface area contributed by atoms with Gasteiger partial charge in [0.05, 0.1) is 12.0 Å². The van der Waals surface area contributed by atoms with Crippen LogP contribution in [0.5, 0.6) is 0 Å². The van der Waals surface area contributed by atoms with E-state index in [0.717, 1.165) is 28.1 Å². The Morgan fingerprint density at radius 3 is 1.95 bits per heavy atom. The van der Waals surface area contributed by atoms with E-state index in [-0.39, 0.29) is 18.4 Å². The first-order chi connectivity index (χ1) is 17.7. The average Bonchev–Trinajstić information content (AvgIpc) is 2.81. The van der Waals surface area contributed by atoms with Gasteiger partial charge in [0.2, 0.25) is 5.91 Å². The standard InChI is InChI=1S/C33H42N2O3/c1-23-9-16-28(17-10-23)35(22-30(36)34-29-18-11-24(2)19-25(29)3)21-27-14-12-26(13-15-27)20-33(7,8)31(37)38-32(4,5)6/h9-19H,20-22H2,1-8H3,(H,34,36). The fourth-order valence-corrected chi connectivity index (χ4v) is 4.29. The Labute approximate surface area is 228 Å². The maximum absolute atomic E-state index is 13.1. The van der Waals surface area contributed by atoms with Gasteiger partial charge in [-0.25, -0.2) is 0 Å². The van der Waals surface area contributed by atoms with Crippen molar-refractivity contribution in [2.45, 2.75) is 74.0 Å². The van der Waals surface area contributed by atoms with Gasteiger partial charge in [-0.05, 0) is 96.7 Å². The number of amides is 1. The van der Waals surface area contributed by atoms with E-state index in [1.807, 2.05) is 60.6 Å². The van der Waals surface area contributed by atoms with Crippen molar-refractivity contribution >= 4 is 23.3 Å². The molecule has 0 fully saturated rings. The molecule has 0 bridgehead atoms. The summed E-state index contributed by atoms with van der Waals surface area (Å²) >= 11 is 0. The Kier molecular flexibility index (Phi) is 9.03. The van der Waals surface area contributed by atoms with Gasteiger partial charge in [0, 0.05) is 17.9 Å². The summed E-state index contributed by atoms with van der Waals surface area (Å²) < 4.78 is 5.62. The Morgan fingerprint density at radius 2 is 1.37 bits per heavy atom. The molecule has 3 aromatic rings. The van der Waals surface area contributed by atoms with Crippen molar-refractivity contribution in [3.8, 4) is 0 Å². The third kappa shape index (κ3) is 8.47. The number of anilines is 2. The molecule has 0 saturated carbocycles. The maximum atomic E-state index is 13.1. The summed E-state index contributed by atoms with van der Waals surface area (Å²) in [5, 5.41) is 3.07. The van der Waals surface area contributed by atoms with Gasteiger partial charge in [-0.2, -0.15) is 0 Å². The molecule has 38 heavy (non-hydrogen) atoms. The highest BCUT2D eigenvalue weighted by Gasteiger charge is 2.32. The third-order valence-electron chi connectivity index (χ3n) is 6.38. The fraction of sp³-hybridized carbons (Fsp3) is 0.394. The molecular formula is C33H42N2O3. The molecule has 0 saturated heterocycles. The molecule has 1 N–H and O–H groups in total. The molecule has 5 nitrogen and oxygen atoms in total. The van der Waals surface area contributed by atoms with Gasteiger partial charge in [-0.3, -0.25) is 9.59 Å². The molecule has 0 spiro atoms. The number of hydrogen-bond acceptors (Lipinski definition) is 4. The smallest absolute Gasteiger partial charge is 0.312 e. The lowest BCUT2D eigenvalue weighted by Crippen LogP contribution is -2.35. The summed E-state index contributed by atoms with van der Waals surface area (Å²) in [5.74, 6) is -0.261. The second-order valence-corrected chi connectivity index (χ2v) is 11.9. The van der Waals surface area contributed by atoms with Gasteiger partial charge in [-0.1, -0.05) is 59.7 Å². The lowest BCUT2D eigenvalue weighted by molar-refractivity contribution is -0.165. The largest absolute Gasteiger partial charge is 0.460 e. The Bertz CT molecular complexity index is 1250. The highest BCUT2D eigenvalue weighted by atomic mass is 16.6. The van der Waals surface area contributed by atoms with Gasteiger partial charge in [0.15, 0.2) is 0 Å². The number of hydrogen-bond donors (Lipinski definition) is 1. The number of aryl methyl sites for hydroxylation is 3. The number of nitrogens with zero attached hydrogens (tertiary/aromatic N) is 1. The van der Waals surface area contributed by atoms with Gasteiger partial charge in [0.1, 0.15) is 5.60 Å². The predicted octanol–water partition coefficient (Wildman–Crippen LogP) is 7.17. The molecule has 1 amide bonds. The molecule has 0 aliphatic carbocycles. The lowest BCUT2D eigenvalue weighted by Gasteiger charge is -2.28. The first-order valence-corrected chi connectivity index (χ1v) is 13.2. The van der Waals surface area contributed by atoms with Gasteiger partial charge >= 0.3 is 5.97 Å². The van der Waals surface area contributed by atoms with E-state index in [1.165, 1.54) is 11.1 Å². The van der Waals surface area contributed by atoms with Crippen molar-refractivity contribution in [1.29, 1.82) is 0 Å². The number of carbonyl (C=O) groups excluding carboxylic acids is 2. The summed E-state index contributed by atoms with van der Waals surface area (Å²) in [7, 11) is 0. The zero-order chi connectivity index (χ0) is 28.1. The number of ether oxygens (including phenoxy) is 1. The maximum Gasteiger partial charge on any atom is 0.312 e. The first-order valence-electron chi connectivity index (χ1n) is 13.2. The summed E-state index contributed by atoms with van der Waals surface area (Å²) in [6.07, 6.45) is 0.585. The molecule has 0 aliphatic heterocycles. The summed E-state index contributed by atoms with van der Waals surface area (Å²) in [6.45, 7) is 16.4. The van der Waals surface area contributed by atoms with E-state index >= 15 is 0 Å². The van der Waals surface area contributed by atoms with Crippen molar-refractivity contribution in [2.24, 2.45) is 5.41 Å². The Balaban J connectivity index is 1.73. The topological polar surface area (TPSA) is 58.6 Å². The van der Waals surface area contributed by atoms with Crippen LogP contribution in [0.15, 0.2) is 66.7 Å². The monoisotopic (exact) mass is 514 g/mol. The molecule has 3 aromatic carbocycles. The molecule has 0 aromatic heterocycles. The molecule has 3 rings (SSSR count). The van der Waals surface area contributed by atoms with Crippen LogP contribution >= 0.6 is 0 Å². The quantitative estimate of drug-likeness (QED) is 0.308. The third-order valence-corrected chi connectivity index (χ3v) is 6.38. The number of esters is 1. The van der Waals surface area contributed by atoms with Crippen molar-refractivity contribution in [2.75, 3.05) is 16.8 Å². The number of rotatable bonds is 9. The SMILES string of the molecule is Cc1ccc(N(CC(=O)Nc2ccc(C)cc2C)Cc2ccc(CC(C)(C)C(=O)OC(C)(C)C)cc2)cc1. The number of benzene rings is 3. The average molecular weight is 515 g/mol. The molecule has 0 aliphatic rings. The highest BCUT2D eigenvalue weighted by molar-refractivity contribution is 5.94. The molecule has 0 radical (unpaired) electrons. The van der Waals surface area contributed by atoms with Crippen LogP contribution in [-0.4, -0.2) is 24.0 Å². The van der Waals surface area contributed by atoms with Crippen LogP contribution in [0, 0.1) is 26.2 Å². The van der Waals surface area contributed by atoms with E-state index < -0.39 is 11.0 Å². The molecular weight excluding hydrogens is 472 g/mol. The van der Waals surface area contributed by atoms with Gasteiger partial charge in [-0.15, -0.1) is 0 Å². The van der Waals surface area contributed by atoms with E-state index in [1.54, 1.807) is 0 Å².